The van der Waals surface area contributed by atoms with Crippen molar-refractivity contribution in [3.63, 3.8) is 0 Å². The molecular weight excluding hydrogens is 370 g/mol. The summed E-state index contributed by atoms with van der Waals surface area (Å²) in [5.41, 5.74) is 1.20. The number of H-pyrrole nitrogens is 1. The van der Waals surface area contributed by atoms with Crippen LogP contribution in [0.1, 0.15) is 12.7 Å². The van der Waals surface area contributed by atoms with E-state index in [-0.39, 0.29) is 24.6 Å². The highest BCUT2D eigenvalue weighted by Gasteiger charge is 2.17. The first-order valence-corrected chi connectivity index (χ1v) is 9.23. The maximum absolute atomic E-state index is 12.7. The van der Waals surface area contributed by atoms with Crippen molar-refractivity contribution in [2.24, 2.45) is 0 Å². The van der Waals surface area contributed by atoms with E-state index in [1.807, 2.05) is 43.3 Å². The minimum Gasteiger partial charge on any atom is -0.334 e. The number of para-hydroxylation sites is 1. The number of benzene rings is 2. The number of rotatable bonds is 6. The highest BCUT2D eigenvalue weighted by molar-refractivity contribution is 5.77. The number of nitrogens with zero attached hydrogens (tertiary/aromatic N) is 6. The first kappa shape index (κ1) is 18.5. The number of fused-ring (bicyclic) bond motifs is 1. The number of aromatic nitrogens is 6. The second kappa shape index (κ2) is 8.01. The molecule has 0 spiro atoms. The number of hydrogen-bond donors (Lipinski definition) is 1. The van der Waals surface area contributed by atoms with Gasteiger partial charge in [-0.1, -0.05) is 42.5 Å². The predicted molar refractivity (Wildman–Crippen MR) is 107 cm³/mol. The third-order valence-electron chi connectivity index (χ3n) is 4.50. The van der Waals surface area contributed by atoms with Crippen molar-refractivity contribution in [1.29, 1.82) is 0 Å². The van der Waals surface area contributed by atoms with E-state index in [4.69, 9.17) is 0 Å². The van der Waals surface area contributed by atoms with Gasteiger partial charge in [-0.2, -0.15) is 4.80 Å². The van der Waals surface area contributed by atoms with Gasteiger partial charge in [0.25, 0.3) is 5.56 Å². The molecule has 0 bridgehead atoms. The molecule has 1 amide bonds. The van der Waals surface area contributed by atoms with Crippen LogP contribution in [0.2, 0.25) is 0 Å². The van der Waals surface area contributed by atoms with Gasteiger partial charge in [-0.15, -0.1) is 10.2 Å². The molecule has 1 N–H and O–H groups in total. The van der Waals surface area contributed by atoms with Gasteiger partial charge in [-0.25, -0.2) is 4.98 Å². The van der Waals surface area contributed by atoms with E-state index in [1.54, 1.807) is 23.1 Å². The summed E-state index contributed by atoms with van der Waals surface area (Å²) in [6.45, 7) is 2.46. The summed E-state index contributed by atoms with van der Waals surface area (Å²) >= 11 is 0. The average Bonchev–Trinajstić information content (AvgIpc) is 3.21. The Balaban J connectivity index is 1.49. The van der Waals surface area contributed by atoms with Crippen molar-refractivity contribution in [2.75, 3.05) is 6.54 Å². The molecule has 0 aliphatic rings. The maximum Gasteiger partial charge on any atom is 0.258 e. The van der Waals surface area contributed by atoms with Gasteiger partial charge >= 0.3 is 0 Å². The lowest BCUT2D eigenvalue weighted by Gasteiger charge is -2.19. The Hall–Kier alpha value is -3.88. The van der Waals surface area contributed by atoms with Gasteiger partial charge in [0.1, 0.15) is 12.4 Å². The lowest BCUT2D eigenvalue weighted by atomic mass is 10.2. The number of tetrazole rings is 1. The highest BCUT2D eigenvalue weighted by Crippen LogP contribution is 2.12. The summed E-state index contributed by atoms with van der Waals surface area (Å²) in [6.07, 6.45) is 0. The summed E-state index contributed by atoms with van der Waals surface area (Å²) in [6, 6.07) is 16.5. The molecule has 0 aliphatic heterocycles. The summed E-state index contributed by atoms with van der Waals surface area (Å²) in [5, 5.41) is 12.8. The topological polar surface area (TPSA) is 110 Å². The van der Waals surface area contributed by atoms with Crippen LogP contribution in [0.4, 0.5) is 0 Å². The maximum atomic E-state index is 12.7. The minimum absolute atomic E-state index is 0.0501. The van der Waals surface area contributed by atoms with Crippen LogP contribution in [-0.2, 0) is 17.9 Å². The molecule has 29 heavy (non-hydrogen) atoms. The van der Waals surface area contributed by atoms with Crippen LogP contribution in [0.15, 0.2) is 59.4 Å². The normalized spacial score (nSPS) is 10.9. The van der Waals surface area contributed by atoms with E-state index in [1.165, 1.54) is 4.80 Å². The Kier molecular flexibility index (Phi) is 5.10. The van der Waals surface area contributed by atoms with Crippen LogP contribution in [0.3, 0.4) is 0 Å². The van der Waals surface area contributed by atoms with Crippen molar-refractivity contribution >= 4 is 16.8 Å². The Morgan fingerprint density at radius 1 is 1.10 bits per heavy atom. The van der Waals surface area contributed by atoms with Crippen LogP contribution in [-0.4, -0.2) is 47.5 Å². The zero-order valence-corrected chi connectivity index (χ0v) is 15.8. The third kappa shape index (κ3) is 4.03. The second-order valence-corrected chi connectivity index (χ2v) is 6.45. The minimum atomic E-state index is -0.223. The van der Waals surface area contributed by atoms with E-state index in [9.17, 15) is 9.59 Å². The van der Waals surface area contributed by atoms with E-state index in [2.05, 4.69) is 25.4 Å². The smallest absolute Gasteiger partial charge is 0.258 e. The fraction of sp³-hybridized carbons (Fsp3) is 0.200. The quantitative estimate of drug-likeness (QED) is 0.537. The van der Waals surface area contributed by atoms with Crippen LogP contribution in [0.5, 0.6) is 0 Å². The van der Waals surface area contributed by atoms with E-state index >= 15 is 0 Å². The van der Waals surface area contributed by atoms with Gasteiger partial charge in [0.2, 0.25) is 11.7 Å². The molecule has 0 fully saturated rings. The molecule has 4 rings (SSSR count). The lowest BCUT2D eigenvalue weighted by molar-refractivity contribution is -0.132. The molecule has 0 saturated heterocycles. The summed E-state index contributed by atoms with van der Waals surface area (Å²) < 4.78 is 0. The molecule has 2 heterocycles. The lowest BCUT2D eigenvalue weighted by Crippen LogP contribution is -2.35. The Labute approximate surface area is 166 Å². The Morgan fingerprint density at radius 2 is 1.86 bits per heavy atom. The molecule has 2 aromatic heterocycles. The molecule has 9 heteroatoms. The molecular formula is C20H19N7O2. The molecule has 146 valence electrons. The van der Waals surface area contributed by atoms with Gasteiger partial charge in [0.15, 0.2) is 0 Å². The van der Waals surface area contributed by atoms with Crippen molar-refractivity contribution in [3.8, 4) is 11.4 Å². The van der Waals surface area contributed by atoms with Gasteiger partial charge in [-0.3, -0.25) is 9.59 Å². The molecule has 9 nitrogen and oxygen atoms in total. The predicted octanol–water partition coefficient (Wildman–Crippen LogP) is 1.63. The molecule has 0 atom stereocenters. The number of carbonyl (C=O) groups excluding carboxylic acids is 1. The van der Waals surface area contributed by atoms with Crippen LogP contribution in [0.25, 0.3) is 22.3 Å². The fourth-order valence-corrected chi connectivity index (χ4v) is 3.00. The number of aromatic amines is 1. The number of carbonyl (C=O) groups is 1. The molecule has 2 aromatic carbocycles. The number of nitrogens with one attached hydrogen (secondary N) is 1. The monoisotopic (exact) mass is 389 g/mol. The fourth-order valence-electron chi connectivity index (χ4n) is 3.00. The average molecular weight is 389 g/mol. The van der Waals surface area contributed by atoms with Crippen LogP contribution in [0, 0.1) is 0 Å². The summed E-state index contributed by atoms with van der Waals surface area (Å²) in [5.74, 6) is 0.697. The van der Waals surface area contributed by atoms with E-state index in [0.29, 0.717) is 29.1 Å². The first-order valence-electron chi connectivity index (χ1n) is 9.23. The van der Waals surface area contributed by atoms with Crippen molar-refractivity contribution in [2.45, 2.75) is 20.0 Å². The van der Waals surface area contributed by atoms with Crippen LogP contribution < -0.4 is 5.56 Å². The summed E-state index contributed by atoms with van der Waals surface area (Å²) in [7, 11) is 0. The number of likely N-dealkylation sites (N-methyl/N-ethyl adjacent to an activating group) is 1. The van der Waals surface area contributed by atoms with Gasteiger partial charge in [-0.05, 0) is 24.3 Å². The standard InChI is InChI=1S/C20H19N7O2/c1-2-26(12-17-21-16-11-7-6-10-15(16)20(29)22-17)18(28)13-27-24-19(23-25-27)14-8-4-3-5-9-14/h3-11H,2,12-13H2,1H3,(H,21,22,29). The van der Waals surface area contributed by atoms with Crippen molar-refractivity contribution in [3.05, 3.63) is 70.8 Å². The zero-order valence-electron chi connectivity index (χ0n) is 15.8. The summed E-state index contributed by atoms with van der Waals surface area (Å²) in [4.78, 5) is 35.0. The zero-order chi connectivity index (χ0) is 20.2. The molecule has 0 radical (unpaired) electrons. The SMILES string of the molecule is CCN(Cc1nc2ccccc2c(=O)[nH]1)C(=O)Cn1nnc(-c2ccccc2)n1. The van der Waals surface area contributed by atoms with Gasteiger partial charge < -0.3 is 9.88 Å². The van der Waals surface area contributed by atoms with Crippen molar-refractivity contribution < 1.29 is 4.79 Å². The molecule has 0 saturated carbocycles. The van der Waals surface area contributed by atoms with Crippen LogP contribution >= 0.6 is 0 Å². The second-order valence-electron chi connectivity index (χ2n) is 6.45. The number of hydrogen-bond acceptors (Lipinski definition) is 6. The largest absolute Gasteiger partial charge is 0.334 e. The molecule has 0 aliphatic carbocycles. The van der Waals surface area contributed by atoms with E-state index in [0.717, 1.165) is 5.56 Å². The van der Waals surface area contributed by atoms with Gasteiger partial charge in [0.05, 0.1) is 17.4 Å². The highest BCUT2D eigenvalue weighted by atomic mass is 16.2. The van der Waals surface area contributed by atoms with Gasteiger partial charge in [0, 0.05) is 12.1 Å². The van der Waals surface area contributed by atoms with Crippen molar-refractivity contribution in [1.82, 2.24) is 35.1 Å². The third-order valence-corrected chi connectivity index (χ3v) is 4.50. The molecule has 0 unspecified atom stereocenters. The van der Waals surface area contributed by atoms with E-state index < -0.39 is 0 Å². The first-order chi connectivity index (χ1) is 14.1. The number of amides is 1. The molecule has 4 aromatic rings. The Morgan fingerprint density at radius 3 is 2.66 bits per heavy atom. The Bertz CT molecular complexity index is 1200.